The summed E-state index contributed by atoms with van der Waals surface area (Å²) in [5.74, 6) is 0.0227. The molecule has 7 nitrogen and oxygen atoms in total. The summed E-state index contributed by atoms with van der Waals surface area (Å²) in [5, 5.41) is 18.7. The van der Waals surface area contributed by atoms with E-state index >= 15 is 0 Å². The number of hydrogen-bond donors (Lipinski definition) is 0. The Balaban J connectivity index is 1.80. The third kappa shape index (κ3) is 8.18. The molecule has 0 bridgehead atoms. The molecule has 1 aromatic heterocycles. The molecule has 0 fully saturated rings. The molecule has 7 heteroatoms. The quantitative estimate of drug-likeness (QED) is 0.249. The first-order valence-electron chi connectivity index (χ1n) is 16.4. The van der Waals surface area contributed by atoms with Crippen molar-refractivity contribution in [1.29, 1.82) is 0 Å². The topological polar surface area (TPSA) is 96.5 Å². The van der Waals surface area contributed by atoms with E-state index in [0.717, 1.165) is 16.7 Å². The number of benzene rings is 2. The fourth-order valence-corrected chi connectivity index (χ4v) is 5.56. The monoisotopic (exact) mass is 649 g/mol. The van der Waals surface area contributed by atoms with E-state index in [-0.39, 0.29) is 22.4 Å². The zero-order valence-corrected chi connectivity index (χ0v) is 29.8. The van der Waals surface area contributed by atoms with Crippen LogP contribution in [-0.4, -0.2) is 16.6 Å². The standard InChI is InChI=1S/C42H43N5O2/c1-26-20-35(37(46-44-31-16-12-10-13-17-31)29-22-27(2)39(48)33(24-29)41(4,5)6)43-36(21-26)38(47-45-32-18-14-11-15-19-32)30-23-28(3)40(49)34(25-30)42(7,8)9/h10-25H,1-9H3. The molecule has 2 aliphatic carbocycles. The number of allylic oxidation sites excluding steroid dienone is 10. The van der Waals surface area contributed by atoms with Crippen molar-refractivity contribution in [3.8, 4) is 0 Å². The minimum Gasteiger partial charge on any atom is -0.289 e. The summed E-state index contributed by atoms with van der Waals surface area (Å²) in [6.07, 6.45) is 7.52. The van der Waals surface area contributed by atoms with E-state index in [1.54, 1.807) is 0 Å². The molecular weight excluding hydrogens is 606 g/mol. The highest BCUT2D eigenvalue weighted by atomic mass is 16.1. The van der Waals surface area contributed by atoms with Crippen LogP contribution in [0, 0.1) is 17.8 Å². The highest BCUT2D eigenvalue weighted by molar-refractivity contribution is 6.12. The Morgan fingerprint density at radius 1 is 0.551 bits per heavy atom. The highest BCUT2D eigenvalue weighted by Crippen LogP contribution is 2.38. The van der Waals surface area contributed by atoms with Gasteiger partial charge in [-0.2, -0.15) is 10.2 Å². The van der Waals surface area contributed by atoms with Gasteiger partial charge in [0.15, 0.2) is 11.6 Å². The summed E-state index contributed by atoms with van der Waals surface area (Å²) < 4.78 is 0. The minimum absolute atomic E-state index is 0.0114. The van der Waals surface area contributed by atoms with E-state index in [2.05, 4.69) is 10.2 Å². The van der Waals surface area contributed by atoms with Gasteiger partial charge in [-0.25, -0.2) is 4.98 Å². The maximum absolute atomic E-state index is 13.3. The number of aromatic nitrogens is 1. The number of Topliss-reactive ketones (excluding diaryl/α,β-unsaturated/α-hetero) is 2. The van der Waals surface area contributed by atoms with Crippen LogP contribution in [0.5, 0.6) is 0 Å². The van der Waals surface area contributed by atoms with Crippen molar-refractivity contribution in [2.45, 2.75) is 62.3 Å². The van der Waals surface area contributed by atoms with E-state index in [0.29, 0.717) is 56.4 Å². The number of nitrogens with zero attached hydrogens (tertiary/aromatic N) is 5. The van der Waals surface area contributed by atoms with Crippen LogP contribution in [0.2, 0.25) is 0 Å². The van der Waals surface area contributed by atoms with Gasteiger partial charge >= 0.3 is 0 Å². The Morgan fingerprint density at radius 3 is 1.27 bits per heavy atom. The lowest BCUT2D eigenvalue weighted by atomic mass is 9.78. The average Bonchev–Trinajstić information content (AvgIpc) is 3.04. The molecule has 0 spiro atoms. The summed E-state index contributed by atoms with van der Waals surface area (Å²) in [4.78, 5) is 31.7. The van der Waals surface area contributed by atoms with Crippen molar-refractivity contribution < 1.29 is 9.59 Å². The van der Waals surface area contributed by atoms with Crippen LogP contribution in [0.25, 0.3) is 11.4 Å². The molecular formula is C42H43N5O2. The van der Waals surface area contributed by atoms with Gasteiger partial charge in [-0.1, -0.05) is 77.9 Å². The third-order valence-corrected chi connectivity index (χ3v) is 8.21. The largest absolute Gasteiger partial charge is 0.289 e. The summed E-state index contributed by atoms with van der Waals surface area (Å²) in [5.41, 5.74) is 7.77. The number of carbonyl (C=O) groups excluding carboxylic acids is 2. The van der Waals surface area contributed by atoms with E-state index in [1.807, 2.05) is 159 Å². The lowest BCUT2D eigenvalue weighted by molar-refractivity contribution is -0.113. The van der Waals surface area contributed by atoms with Crippen molar-refractivity contribution in [2.75, 3.05) is 0 Å². The first-order chi connectivity index (χ1) is 23.1. The second-order valence-corrected chi connectivity index (χ2v) is 14.5. The smallest absolute Gasteiger partial charge is 0.185 e. The molecule has 0 saturated heterocycles. The molecule has 5 rings (SSSR count). The molecule has 2 aliphatic rings. The molecule has 0 atom stereocenters. The van der Waals surface area contributed by atoms with Crippen LogP contribution in [0.3, 0.4) is 0 Å². The maximum atomic E-state index is 13.3. The van der Waals surface area contributed by atoms with Gasteiger partial charge in [-0.05, 0) is 109 Å². The number of hydrogen-bond acceptors (Lipinski definition) is 7. The van der Waals surface area contributed by atoms with Crippen LogP contribution in [0.1, 0.15) is 72.3 Å². The molecule has 2 aromatic carbocycles. The van der Waals surface area contributed by atoms with Crippen molar-refractivity contribution >= 4 is 34.3 Å². The molecule has 49 heavy (non-hydrogen) atoms. The van der Waals surface area contributed by atoms with Crippen LogP contribution < -0.4 is 0 Å². The minimum atomic E-state index is -0.389. The molecule has 0 saturated carbocycles. The summed E-state index contributed by atoms with van der Waals surface area (Å²) in [6, 6.07) is 22.9. The number of aryl methyl sites for hydroxylation is 1. The van der Waals surface area contributed by atoms with Crippen LogP contribution in [0.15, 0.2) is 151 Å². The van der Waals surface area contributed by atoms with Gasteiger partial charge in [-0.3, -0.25) is 9.59 Å². The highest BCUT2D eigenvalue weighted by Gasteiger charge is 2.30. The molecule has 0 unspecified atom stereocenters. The molecule has 0 N–H and O–H groups in total. The average molecular weight is 650 g/mol. The van der Waals surface area contributed by atoms with E-state index in [9.17, 15) is 9.59 Å². The number of ketones is 2. The fourth-order valence-electron chi connectivity index (χ4n) is 5.56. The Labute approximate surface area is 289 Å². The third-order valence-electron chi connectivity index (χ3n) is 8.21. The van der Waals surface area contributed by atoms with Crippen molar-refractivity contribution in [1.82, 2.24) is 4.98 Å². The van der Waals surface area contributed by atoms with Crippen molar-refractivity contribution in [3.05, 3.63) is 147 Å². The normalized spacial score (nSPS) is 18.0. The molecule has 1 heterocycles. The molecule has 3 aromatic rings. The van der Waals surface area contributed by atoms with Gasteiger partial charge in [0, 0.05) is 22.3 Å². The van der Waals surface area contributed by atoms with Crippen molar-refractivity contribution in [3.63, 3.8) is 0 Å². The summed E-state index contributed by atoms with van der Waals surface area (Å²) >= 11 is 0. The van der Waals surface area contributed by atoms with E-state index < -0.39 is 0 Å². The van der Waals surface area contributed by atoms with E-state index in [1.165, 1.54) is 0 Å². The predicted octanol–water partition coefficient (Wildman–Crippen LogP) is 11.4. The first kappa shape index (κ1) is 34.9. The Kier molecular flexibility index (Phi) is 9.95. The van der Waals surface area contributed by atoms with Crippen LogP contribution >= 0.6 is 0 Å². The summed E-state index contributed by atoms with van der Waals surface area (Å²) in [7, 11) is 0. The Hall–Kier alpha value is -5.43. The first-order valence-corrected chi connectivity index (χ1v) is 16.4. The van der Waals surface area contributed by atoms with Gasteiger partial charge < -0.3 is 0 Å². The molecule has 0 amide bonds. The lowest BCUT2D eigenvalue weighted by Crippen LogP contribution is -2.21. The molecule has 0 aliphatic heterocycles. The second kappa shape index (κ2) is 14.0. The van der Waals surface area contributed by atoms with Gasteiger partial charge in [-0.15, -0.1) is 10.2 Å². The van der Waals surface area contributed by atoms with Crippen LogP contribution in [-0.2, 0) is 9.59 Å². The van der Waals surface area contributed by atoms with Gasteiger partial charge in [0.1, 0.15) is 11.4 Å². The zero-order chi connectivity index (χ0) is 35.5. The Morgan fingerprint density at radius 2 is 0.918 bits per heavy atom. The SMILES string of the molecule is CC1=CC(=C(N=Nc2ccccc2)c2cc(C)cc(C(N=Nc3ccccc3)=C3C=C(C)C(=O)C(C(C)(C)C)=C3)n2)C=C(C(C)(C)C)C1=O. The summed E-state index contributed by atoms with van der Waals surface area (Å²) in [6.45, 7) is 17.8. The number of pyridine rings is 1. The number of azo groups is 2. The number of rotatable bonds is 6. The zero-order valence-electron chi connectivity index (χ0n) is 29.8. The van der Waals surface area contributed by atoms with Gasteiger partial charge in [0.25, 0.3) is 0 Å². The molecule has 248 valence electrons. The van der Waals surface area contributed by atoms with Crippen molar-refractivity contribution in [2.24, 2.45) is 31.3 Å². The van der Waals surface area contributed by atoms with Gasteiger partial charge in [0.05, 0.1) is 22.8 Å². The van der Waals surface area contributed by atoms with Gasteiger partial charge in [0.2, 0.25) is 0 Å². The number of carbonyl (C=O) groups is 2. The maximum Gasteiger partial charge on any atom is 0.185 e. The fraction of sp³-hybridized carbons (Fsp3) is 0.262. The predicted molar refractivity (Wildman–Crippen MR) is 197 cm³/mol. The Bertz CT molecular complexity index is 1910. The van der Waals surface area contributed by atoms with Crippen LogP contribution in [0.4, 0.5) is 11.4 Å². The lowest BCUT2D eigenvalue weighted by Gasteiger charge is -2.26. The van der Waals surface area contributed by atoms with E-state index in [4.69, 9.17) is 15.2 Å². The molecule has 0 radical (unpaired) electrons. The second-order valence-electron chi connectivity index (χ2n) is 14.5.